The number of thiazole rings is 1. The number of morpholine rings is 1. The maximum Gasteiger partial charge on any atom is 0.272 e. The van der Waals surface area contributed by atoms with Crippen LogP contribution in [0, 0.1) is 0 Å². The molecule has 19 heavy (non-hydrogen) atoms. The topological polar surface area (TPSA) is 97.5 Å². The molecule has 104 valence electrons. The first-order valence-corrected chi connectivity index (χ1v) is 7.24. The Kier molecular flexibility index (Phi) is 4.72. The Morgan fingerprint density at radius 1 is 1.47 bits per heavy atom. The van der Waals surface area contributed by atoms with Crippen LogP contribution in [-0.2, 0) is 9.53 Å². The molecular formula is C10H13BrN4O3S. The molecule has 3 N–H and O–H groups in total. The second-order valence-corrected chi connectivity index (χ2v) is 6.16. The van der Waals surface area contributed by atoms with Crippen molar-refractivity contribution >= 4 is 44.2 Å². The molecule has 1 aliphatic rings. The Bertz CT molecular complexity index is 487. The number of nitrogens with one attached hydrogen (secondary N) is 1. The smallest absolute Gasteiger partial charge is 0.272 e. The quantitative estimate of drug-likeness (QED) is 0.795. The third kappa shape index (κ3) is 3.64. The van der Waals surface area contributed by atoms with Crippen LogP contribution in [0.25, 0.3) is 0 Å². The molecule has 1 aromatic rings. The maximum absolute atomic E-state index is 11.8. The molecule has 0 unspecified atom stereocenters. The van der Waals surface area contributed by atoms with E-state index in [0.717, 1.165) is 18.2 Å². The summed E-state index contributed by atoms with van der Waals surface area (Å²) in [5, 5.41) is 3.18. The summed E-state index contributed by atoms with van der Waals surface area (Å²) in [4.78, 5) is 28.8. The summed E-state index contributed by atoms with van der Waals surface area (Å²) in [6, 6.07) is 0. The van der Waals surface area contributed by atoms with E-state index in [1.165, 1.54) is 11.3 Å². The lowest BCUT2D eigenvalue weighted by molar-refractivity contribution is -0.117. The van der Waals surface area contributed by atoms with E-state index in [2.05, 4.69) is 31.1 Å². The third-order valence-electron chi connectivity index (χ3n) is 2.49. The van der Waals surface area contributed by atoms with Crippen LogP contribution in [0.3, 0.4) is 0 Å². The lowest BCUT2D eigenvalue weighted by Gasteiger charge is -2.25. The Morgan fingerprint density at radius 2 is 2.16 bits per heavy atom. The van der Waals surface area contributed by atoms with Crippen molar-refractivity contribution in [1.82, 2.24) is 10.3 Å². The fraction of sp³-hybridized carbons (Fsp3) is 0.500. The first-order valence-electron chi connectivity index (χ1n) is 5.63. The summed E-state index contributed by atoms with van der Waals surface area (Å²) >= 11 is 4.69. The number of aromatic nitrogens is 1. The summed E-state index contributed by atoms with van der Waals surface area (Å²) in [7, 11) is 0. The van der Waals surface area contributed by atoms with Crippen LogP contribution in [0.5, 0.6) is 0 Å². The molecule has 1 aromatic heterocycles. The van der Waals surface area contributed by atoms with Crippen molar-refractivity contribution in [3.63, 3.8) is 0 Å². The van der Waals surface area contributed by atoms with E-state index in [-0.39, 0.29) is 12.2 Å². The Hall–Kier alpha value is -1.19. The highest BCUT2D eigenvalue weighted by atomic mass is 79.9. The minimum atomic E-state index is -0.590. The molecule has 0 aliphatic carbocycles. The van der Waals surface area contributed by atoms with E-state index in [4.69, 9.17) is 10.5 Å². The lowest BCUT2D eigenvalue weighted by Crippen LogP contribution is -2.36. The SMILES string of the molecule is NC(=O)CNC(=O)c1nc(N2CCOCC2)sc1Br. The second-order valence-electron chi connectivity index (χ2n) is 3.87. The summed E-state index contributed by atoms with van der Waals surface area (Å²) in [5.74, 6) is -1.01. The minimum Gasteiger partial charge on any atom is -0.378 e. The van der Waals surface area contributed by atoms with E-state index in [9.17, 15) is 9.59 Å². The van der Waals surface area contributed by atoms with Gasteiger partial charge in [0.1, 0.15) is 3.79 Å². The molecule has 1 aliphatic heterocycles. The minimum absolute atomic E-state index is 0.199. The van der Waals surface area contributed by atoms with Gasteiger partial charge in [-0.3, -0.25) is 9.59 Å². The monoisotopic (exact) mass is 348 g/mol. The van der Waals surface area contributed by atoms with Crippen molar-refractivity contribution in [2.75, 3.05) is 37.7 Å². The summed E-state index contributed by atoms with van der Waals surface area (Å²) in [5.41, 5.74) is 5.24. The molecule has 0 radical (unpaired) electrons. The molecule has 0 spiro atoms. The fourth-order valence-corrected chi connectivity index (χ4v) is 3.12. The van der Waals surface area contributed by atoms with Gasteiger partial charge in [-0.2, -0.15) is 0 Å². The molecule has 0 atom stereocenters. The van der Waals surface area contributed by atoms with E-state index in [1.807, 2.05) is 0 Å². The number of nitrogens with zero attached hydrogens (tertiary/aromatic N) is 2. The zero-order valence-electron chi connectivity index (χ0n) is 10.0. The van der Waals surface area contributed by atoms with Crippen molar-refractivity contribution < 1.29 is 14.3 Å². The number of ether oxygens (including phenoxy) is 1. The molecule has 7 nitrogen and oxygen atoms in total. The van der Waals surface area contributed by atoms with Crippen LogP contribution < -0.4 is 16.0 Å². The van der Waals surface area contributed by atoms with E-state index >= 15 is 0 Å². The lowest BCUT2D eigenvalue weighted by atomic mass is 10.4. The summed E-state index contributed by atoms with van der Waals surface area (Å²) < 4.78 is 5.90. The van der Waals surface area contributed by atoms with Crippen molar-refractivity contribution in [1.29, 1.82) is 0 Å². The number of anilines is 1. The van der Waals surface area contributed by atoms with Crippen LogP contribution >= 0.6 is 27.3 Å². The second kappa shape index (κ2) is 6.31. The predicted molar refractivity (Wildman–Crippen MR) is 74.4 cm³/mol. The number of hydrogen-bond acceptors (Lipinski definition) is 6. The number of carbonyl (C=O) groups excluding carboxylic acids is 2. The van der Waals surface area contributed by atoms with Gasteiger partial charge in [0.15, 0.2) is 10.8 Å². The highest BCUT2D eigenvalue weighted by Crippen LogP contribution is 2.31. The Morgan fingerprint density at radius 3 is 2.79 bits per heavy atom. The van der Waals surface area contributed by atoms with Crippen molar-refractivity contribution in [2.24, 2.45) is 5.73 Å². The number of rotatable bonds is 4. The number of amides is 2. The van der Waals surface area contributed by atoms with Gasteiger partial charge in [-0.15, -0.1) is 0 Å². The zero-order valence-corrected chi connectivity index (χ0v) is 12.4. The molecule has 0 bridgehead atoms. The number of hydrogen-bond donors (Lipinski definition) is 2. The maximum atomic E-state index is 11.8. The Labute approximate surface area is 122 Å². The molecule has 9 heteroatoms. The van der Waals surface area contributed by atoms with Gasteiger partial charge in [0.05, 0.1) is 19.8 Å². The number of halogens is 1. The van der Waals surface area contributed by atoms with E-state index in [1.54, 1.807) is 0 Å². The molecule has 2 amide bonds. The summed E-state index contributed by atoms with van der Waals surface area (Å²) in [6.07, 6.45) is 0. The molecule has 1 saturated heterocycles. The van der Waals surface area contributed by atoms with Crippen molar-refractivity contribution in [3.05, 3.63) is 9.48 Å². The number of primary amides is 1. The van der Waals surface area contributed by atoms with Gasteiger partial charge >= 0.3 is 0 Å². The molecule has 0 aromatic carbocycles. The first-order chi connectivity index (χ1) is 9.08. The normalized spacial score (nSPS) is 15.3. The molecular weight excluding hydrogens is 336 g/mol. The highest BCUT2D eigenvalue weighted by molar-refractivity contribution is 9.11. The van der Waals surface area contributed by atoms with Gasteiger partial charge in [-0.1, -0.05) is 11.3 Å². The van der Waals surface area contributed by atoms with Crippen molar-refractivity contribution in [2.45, 2.75) is 0 Å². The van der Waals surface area contributed by atoms with Crippen LogP contribution in [0.15, 0.2) is 3.79 Å². The predicted octanol–water partition coefficient (Wildman–Crippen LogP) is -0.0427. The van der Waals surface area contributed by atoms with E-state index < -0.39 is 11.8 Å². The van der Waals surface area contributed by atoms with Crippen LogP contribution in [0.1, 0.15) is 10.5 Å². The van der Waals surface area contributed by atoms with Crippen molar-refractivity contribution in [3.8, 4) is 0 Å². The van der Waals surface area contributed by atoms with Gasteiger partial charge in [-0.25, -0.2) is 4.98 Å². The first kappa shape index (κ1) is 14.2. The van der Waals surface area contributed by atoms with Gasteiger partial charge in [0.25, 0.3) is 5.91 Å². The molecule has 2 rings (SSSR count). The van der Waals surface area contributed by atoms with E-state index in [0.29, 0.717) is 17.0 Å². The average molecular weight is 349 g/mol. The molecule has 2 heterocycles. The summed E-state index contributed by atoms with van der Waals surface area (Å²) in [6.45, 7) is 2.61. The largest absolute Gasteiger partial charge is 0.378 e. The highest BCUT2D eigenvalue weighted by Gasteiger charge is 2.21. The number of carbonyl (C=O) groups is 2. The van der Waals surface area contributed by atoms with Gasteiger partial charge in [0.2, 0.25) is 5.91 Å². The molecule has 0 saturated carbocycles. The molecule has 1 fully saturated rings. The van der Waals surface area contributed by atoms with Gasteiger partial charge in [0, 0.05) is 13.1 Å². The third-order valence-corrected chi connectivity index (χ3v) is 4.26. The van der Waals surface area contributed by atoms with Gasteiger partial charge in [-0.05, 0) is 15.9 Å². The van der Waals surface area contributed by atoms with Gasteiger partial charge < -0.3 is 20.7 Å². The average Bonchev–Trinajstić information content (AvgIpc) is 2.79. The van der Waals surface area contributed by atoms with Crippen LogP contribution in [0.4, 0.5) is 5.13 Å². The van der Waals surface area contributed by atoms with Crippen LogP contribution in [0.2, 0.25) is 0 Å². The fourth-order valence-electron chi connectivity index (χ4n) is 1.57. The zero-order chi connectivity index (χ0) is 13.8. The standard InChI is InChI=1S/C10H13BrN4O3S/c11-8-7(9(17)13-5-6(12)16)14-10(19-8)15-1-3-18-4-2-15/h1-5H2,(H2,12,16)(H,13,17). The Balaban J connectivity index is 2.07. The van der Waals surface area contributed by atoms with Crippen LogP contribution in [-0.4, -0.2) is 49.6 Å². The number of nitrogens with two attached hydrogens (primary N) is 1.